The Morgan fingerprint density at radius 1 is 1.24 bits per heavy atom. The third kappa shape index (κ3) is 1.80. The van der Waals surface area contributed by atoms with Crippen LogP contribution in [0.15, 0.2) is 24.3 Å². The normalized spacial score (nSPS) is 14.4. The predicted molar refractivity (Wildman–Crippen MR) is 64.0 cm³/mol. The maximum Gasteiger partial charge on any atom is 0.170 e. The Kier molecular flexibility index (Phi) is 2.36. The van der Waals surface area contributed by atoms with Crippen LogP contribution in [0.3, 0.4) is 0 Å². The second-order valence-electron chi connectivity index (χ2n) is 3.89. The van der Waals surface area contributed by atoms with Crippen LogP contribution in [0.4, 0.5) is 5.82 Å². The van der Waals surface area contributed by atoms with Crippen LogP contribution in [0.5, 0.6) is 11.5 Å². The van der Waals surface area contributed by atoms with Gasteiger partial charge in [-0.3, -0.25) is 5.10 Å². The smallest absolute Gasteiger partial charge is 0.170 e. The number of H-pyrrole nitrogens is 1. The fraction of sp³-hybridized carbons (Fsp3) is 0.250. The molecule has 5 heteroatoms. The number of anilines is 1. The van der Waals surface area contributed by atoms with Crippen molar-refractivity contribution in [2.45, 2.75) is 6.42 Å². The molecule has 0 fully saturated rings. The van der Waals surface area contributed by atoms with Gasteiger partial charge in [0.05, 0.1) is 18.9 Å². The third-order valence-electron chi connectivity index (χ3n) is 2.66. The van der Waals surface area contributed by atoms with Gasteiger partial charge in [-0.05, 0) is 12.1 Å². The average Bonchev–Trinajstić information content (AvgIpc) is 2.63. The van der Waals surface area contributed by atoms with Gasteiger partial charge in [0.25, 0.3) is 0 Å². The van der Waals surface area contributed by atoms with E-state index >= 15 is 0 Å². The van der Waals surface area contributed by atoms with Gasteiger partial charge in [-0.1, -0.05) is 6.07 Å². The zero-order chi connectivity index (χ0) is 11.7. The summed E-state index contributed by atoms with van der Waals surface area (Å²) in [6.45, 7) is 1.34. The number of aromatic amines is 1. The van der Waals surface area contributed by atoms with E-state index in [9.17, 15) is 0 Å². The van der Waals surface area contributed by atoms with Gasteiger partial charge in [-0.2, -0.15) is 5.10 Å². The van der Waals surface area contributed by atoms with Crippen molar-refractivity contribution in [2.24, 2.45) is 0 Å². The number of benzene rings is 1. The van der Waals surface area contributed by atoms with Crippen LogP contribution in [0.2, 0.25) is 0 Å². The summed E-state index contributed by atoms with van der Waals surface area (Å²) in [5.74, 6) is 1.99. The predicted octanol–water partition coefficient (Wildman–Crippen LogP) is 1.82. The Morgan fingerprint density at radius 3 is 2.94 bits per heavy atom. The molecule has 0 saturated heterocycles. The van der Waals surface area contributed by atoms with Gasteiger partial charge in [-0.15, -0.1) is 0 Å². The number of nitrogens with zero attached hydrogens (tertiary/aromatic N) is 1. The molecule has 88 valence electrons. The number of aromatic nitrogens is 2. The van der Waals surface area contributed by atoms with E-state index in [1.165, 1.54) is 0 Å². The largest absolute Gasteiger partial charge is 0.490 e. The SMILES string of the molecule is Nc1cc(-c2cccc3c2OCCCO3)[nH]n1. The lowest BCUT2D eigenvalue weighted by atomic mass is 10.1. The van der Waals surface area contributed by atoms with E-state index in [-0.39, 0.29) is 0 Å². The van der Waals surface area contributed by atoms with Gasteiger partial charge < -0.3 is 15.2 Å². The molecule has 3 N–H and O–H groups in total. The molecule has 0 radical (unpaired) electrons. The summed E-state index contributed by atoms with van der Waals surface area (Å²) in [6.07, 6.45) is 0.888. The van der Waals surface area contributed by atoms with Crippen LogP contribution < -0.4 is 15.2 Å². The summed E-state index contributed by atoms with van der Waals surface area (Å²) in [5, 5.41) is 6.80. The van der Waals surface area contributed by atoms with Crippen molar-refractivity contribution in [1.29, 1.82) is 0 Å². The molecule has 1 aromatic carbocycles. The minimum absolute atomic E-state index is 0.465. The lowest BCUT2D eigenvalue weighted by Gasteiger charge is -2.10. The molecule has 0 aliphatic carbocycles. The summed E-state index contributed by atoms with van der Waals surface area (Å²) in [4.78, 5) is 0. The number of para-hydroxylation sites is 1. The van der Waals surface area contributed by atoms with E-state index in [0.717, 1.165) is 29.2 Å². The second kappa shape index (κ2) is 4.01. The molecule has 0 atom stereocenters. The standard InChI is InChI=1S/C12H13N3O2/c13-11-7-9(14-15-11)8-3-1-4-10-12(8)17-6-2-5-16-10/h1,3-4,7H,2,5-6H2,(H3,13,14,15). The third-order valence-corrected chi connectivity index (χ3v) is 2.66. The minimum atomic E-state index is 0.465. The topological polar surface area (TPSA) is 73.2 Å². The van der Waals surface area contributed by atoms with E-state index in [0.29, 0.717) is 19.0 Å². The van der Waals surface area contributed by atoms with Crippen molar-refractivity contribution in [2.75, 3.05) is 18.9 Å². The van der Waals surface area contributed by atoms with Crippen molar-refractivity contribution in [3.05, 3.63) is 24.3 Å². The first kappa shape index (κ1) is 10.0. The summed E-state index contributed by atoms with van der Waals surface area (Å²) in [6, 6.07) is 7.58. The van der Waals surface area contributed by atoms with Crippen molar-refractivity contribution in [3.63, 3.8) is 0 Å². The number of hydrogen-bond donors (Lipinski definition) is 2. The molecule has 0 bridgehead atoms. The Hall–Kier alpha value is -2.17. The molecule has 0 unspecified atom stereocenters. The van der Waals surface area contributed by atoms with Crippen LogP contribution in [-0.2, 0) is 0 Å². The lowest BCUT2D eigenvalue weighted by molar-refractivity contribution is 0.297. The maximum atomic E-state index is 5.73. The van der Waals surface area contributed by atoms with Gasteiger partial charge >= 0.3 is 0 Å². The van der Waals surface area contributed by atoms with Crippen LogP contribution in [0.1, 0.15) is 6.42 Å². The Bertz CT molecular complexity index is 536. The highest BCUT2D eigenvalue weighted by Gasteiger charge is 2.16. The molecule has 0 spiro atoms. The van der Waals surface area contributed by atoms with Gasteiger partial charge in [0.15, 0.2) is 11.5 Å². The van der Waals surface area contributed by atoms with E-state index in [4.69, 9.17) is 15.2 Å². The zero-order valence-electron chi connectivity index (χ0n) is 9.27. The number of nitrogens with one attached hydrogen (secondary N) is 1. The second-order valence-corrected chi connectivity index (χ2v) is 3.89. The first-order valence-electron chi connectivity index (χ1n) is 5.54. The molecule has 2 aromatic rings. The van der Waals surface area contributed by atoms with Crippen LogP contribution in [0.25, 0.3) is 11.3 Å². The minimum Gasteiger partial charge on any atom is -0.490 e. The Balaban J connectivity index is 2.11. The van der Waals surface area contributed by atoms with Gasteiger partial charge in [0.2, 0.25) is 0 Å². The number of hydrogen-bond acceptors (Lipinski definition) is 4. The van der Waals surface area contributed by atoms with Crippen molar-refractivity contribution in [3.8, 4) is 22.8 Å². The van der Waals surface area contributed by atoms with Crippen LogP contribution >= 0.6 is 0 Å². The molecular weight excluding hydrogens is 218 g/mol. The lowest BCUT2D eigenvalue weighted by Crippen LogP contribution is -1.98. The van der Waals surface area contributed by atoms with E-state index in [1.54, 1.807) is 6.07 Å². The average molecular weight is 231 g/mol. The monoisotopic (exact) mass is 231 g/mol. The van der Waals surface area contributed by atoms with E-state index < -0.39 is 0 Å². The van der Waals surface area contributed by atoms with E-state index in [1.807, 2.05) is 18.2 Å². The van der Waals surface area contributed by atoms with Crippen molar-refractivity contribution in [1.82, 2.24) is 10.2 Å². The molecule has 5 nitrogen and oxygen atoms in total. The Labute approximate surface area is 98.5 Å². The van der Waals surface area contributed by atoms with E-state index in [2.05, 4.69) is 10.2 Å². The molecule has 2 heterocycles. The molecule has 1 aliphatic heterocycles. The number of ether oxygens (including phenoxy) is 2. The molecule has 0 saturated carbocycles. The molecular formula is C12H13N3O2. The molecule has 1 aliphatic rings. The highest BCUT2D eigenvalue weighted by atomic mass is 16.5. The first-order valence-corrected chi connectivity index (χ1v) is 5.54. The highest BCUT2D eigenvalue weighted by Crippen LogP contribution is 2.38. The van der Waals surface area contributed by atoms with Gasteiger partial charge in [0, 0.05) is 18.1 Å². The molecule has 17 heavy (non-hydrogen) atoms. The Morgan fingerprint density at radius 2 is 2.12 bits per heavy atom. The summed E-state index contributed by atoms with van der Waals surface area (Å²) in [7, 11) is 0. The van der Waals surface area contributed by atoms with Crippen molar-refractivity contribution < 1.29 is 9.47 Å². The van der Waals surface area contributed by atoms with Gasteiger partial charge in [-0.25, -0.2) is 0 Å². The quantitative estimate of drug-likeness (QED) is 0.785. The molecule has 1 aromatic heterocycles. The van der Waals surface area contributed by atoms with Gasteiger partial charge in [0.1, 0.15) is 5.82 Å². The summed E-state index contributed by atoms with van der Waals surface area (Å²) >= 11 is 0. The highest BCUT2D eigenvalue weighted by molar-refractivity contribution is 5.72. The number of fused-ring (bicyclic) bond motifs is 1. The fourth-order valence-electron chi connectivity index (χ4n) is 1.88. The zero-order valence-corrected chi connectivity index (χ0v) is 9.27. The fourth-order valence-corrected chi connectivity index (χ4v) is 1.88. The van der Waals surface area contributed by atoms with Crippen LogP contribution in [-0.4, -0.2) is 23.4 Å². The van der Waals surface area contributed by atoms with Crippen molar-refractivity contribution >= 4 is 5.82 Å². The number of nitrogen functional groups attached to an aromatic ring is 1. The van der Waals surface area contributed by atoms with Crippen LogP contribution in [0, 0.1) is 0 Å². The first-order chi connectivity index (χ1) is 8.34. The molecule has 3 rings (SSSR count). The summed E-state index contributed by atoms with van der Waals surface area (Å²) in [5.41, 5.74) is 7.37. The number of nitrogens with two attached hydrogens (primary N) is 1. The molecule has 0 amide bonds. The maximum absolute atomic E-state index is 5.73. The summed E-state index contributed by atoms with van der Waals surface area (Å²) < 4.78 is 11.4. The number of rotatable bonds is 1.